The third-order valence-electron chi connectivity index (χ3n) is 3.60. The molecule has 1 aliphatic rings. The average Bonchev–Trinajstić information content (AvgIpc) is 2.80. The normalized spacial score (nSPS) is 23.9. The Morgan fingerprint density at radius 3 is 3.06 bits per heavy atom. The third-order valence-corrected chi connectivity index (χ3v) is 3.60. The van der Waals surface area contributed by atoms with Crippen molar-refractivity contribution in [3.8, 4) is 6.07 Å². The maximum absolute atomic E-state index is 12.1. The van der Waals surface area contributed by atoms with Crippen LogP contribution in [-0.4, -0.2) is 20.5 Å². The van der Waals surface area contributed by atoms with Crippen LogP contribution in [0.3, 0.4) is 0 Å². The molecule has 0 aliphatic heterocycles. The summed E-state index contributed by atoms with van der Waals surface area (Å²) in [5.74, 6) is 0.830. The van der Waals surface area contributed by atoms with Crippen molar-refractivity contribution in [2.45, 2.75) is 52.0 Å². The van der Waals surface area contributed by atoms with Crippen molar-refractivity contribution >= 4 is 5.78 Å². The molecule has 18 heavy (non-hydrogen) atoms. The molecule has 0 spiro atoms. The van der Waals surface area contributed by atoms with Crippen LogP contribution >= 0.6 is 0 Å². The van der Waals surface area contributed by atoms with Crippen LogP contribution in [0.2, 0.25) is 0 Å². The summed E-state index contributed by atoms with van der Waals surface area (Å²) >= 11 is 0. The molecule has 0 aromatic carbocycles. The molecule has 2 rings (SSSR count). The minimum Gasteiger partial charge on any atom is -0.298 e. The highest BCUT2D eigenvalue weighted by Crippen LogP contribution is 2.35. The molecule has 1 heterocycles. The zero-order valence-electron chi connectivity index (χ0n) is 10.7. The van der Waals surface area contributed by atoms with E-state index in [0.717, 1.165) is 31.6 Å². The minimum atomic E-state index is -0.864. The van der Waals surface area contributed by atoms with Gasteiger partial charge in [-0.05, 0) is 19.3 Å². The highest BCUT2D eigenvalue weighted by molar-refractivity contribution is 5.88. The molecule has 0 radical (unpaired) electrons. The van der Waals surface area contributed by atoms with E-state index in [-0.39, 0.29) is 5.78 Å². The number of nitrogens with zero attached hydrogens (tertiary/aromatic N) is 4. The van der Waals surface area contributed by atoms with Crippen molar-refractivity contribution in [1.29, 1.82) is 5.26 Å². The van der Waals surface area contributed by atoms with E-state index >= 15 is 0 Å². The van der Waals surface area contributed by atoms with Gasteiger partial charge in [0.05, 0.1) is 6.07 Å². The molecule has 0 saturated heterocycles. The molecule has 5 heteroatoms. The molecule has 1 aliphatic carbocycles. The Morgan fingerprint density at radius 1 is 1.56 bits per heavy atom. The summed E-state index contributed by atoms with van der Waals surface area (Å²) in [5, 5.41) is 13.5. The van der Waals surface area contributed by atoms with Crippen molar-refractivity contribution in [2.75, 3.05) is 0 Å². The highest BCUT2D eigenvalue weighted by atomic mass is 16.1. The number of hydrogen-bond acceptors (Lipinski definition) is 4. The number of ketones is 1. The van der Waals surface area contributed by atoms with Crippen molar-refractivity contribution in [1.82, 2.24) is 14.8 Å². The van der Waals surface area contributed by atoms with Crippen LogP contribution in [0.4, 0.5) is 0 Å². The van der Waals surface area contributed by atoms with Gasteiger partial charge in [0.2, 0.25) is 0 Å². The lowest BCUT2D eigenvalue weighted by atomic mass is 9.72. The first-order valence-corrected chi connectivity index (χ1v) is 6.53. The molecular weight excluding hydrogens is 228 g/mol. The third kappa shape index (κ3) is 2.28. The first-order chi connectivity index (χ1) is 8.72. The number of carbonyl (C=O) groups excluding carboxylic acids is 1. The van der Waals surface area contributed by atoms with Crippen LogP contribution in [0, 0.1) is 16.7 Å². The number of aromatic nitrogens is 3. The van der Waals surface area contributed by atoms with Gasteiger partial charge in [0.25, 0.3) is 0 Å². The number of aryl methyl sites for hydroxylation is 1. The quantitative estimate of drug-likeness (QED) is 0.813. The van der Waals surface area contributed by atoms with Gasteiger partial charge in [-0.1, -0.05) is 13.3 Å². The van der Waals surface area contributed by atoms with Crippen molar-refractivity contribution in [3.63, 3.8) is 0 Å². The molecule has 1 fully saturated rings. The molecular formula is C13H18N4O. The van der Waals surface area contributed by atoms with E-state index in [1.165, 1.54) is 6.33 Å². The summed E-state index contributed by atoms with van der Waals surface area (Å²) in [6.07, 6.45) is 5.90. The zero-order valence-corrected chi connectivity index (χ0v) is 10.7. The Balaban J connectivity index is 2.22. The summed E-state index contributed by atoms with van der Waals surface area (Å²) < 4.78 is 1.81. The van der Waals surface area contributed by atoms with Crippen LogP contribution < -0.4 is 0 Å². The molecule has 0 bridgehead atoms. The van der Waals surface area contributed by atoms with E-state index < -0.39 is 5.41 Å². The van der Waals surface area contributed by atoms with Crippen molar-refractivity contribution in [3.05, 3.63) is 12.2 Å². The fraction of sp³-hybridized carbons (Fsp3) is 0.692. The lowest BCUT2D eigenvalue weighted by Crippen LogP contribution is -2.36. The van der Waals surface area contributed by atoms with E-state index in [0.29, 0.717) is 19.3 Å². The van der Waals surface area contributed by atoms with E-state index in [4.69, 9.17) is 0 Å². The standard InChI is InChI=1S/C13H18N4O/c1-2-7-17-12(15-10-16-17)8-13(9-14)6-4-3-5-11(13)18/h10H,2-8H2,1H3. The summed E-state index contributed by atoms with van der Waals surface area (Å²) in [6, 6.07) is 2.24. The van der Waals surface area contributed by atoms with Gasteiger partial charge in [0.15, 0.2) is 5.78 Å². The predicted octanol–water partition coefficient (Wildman–Crippen LogP) is 1.88. The van der Waals surface area contributed by atoms with Gasteiger partial charge in [0, 0.05) is 19.4 Å². The van der Waals surface area contributed by atoms with Crippen LogP contribution in [0.25, 0.3) is 0 Å². The Hall–Kier alpha value is -1.70. The van der Waals surface area contributed by atoms with Crippen LogP contribution in [0.1, 0.15) is 44.9 Å². The SMILES string of the molecule is CCCn1ncnc1CC1(C#N)CCCCC1=O. The maximum atomic E-state index is 12.1. The number of carbonyl (C=O) groups is 1. The Kier molecular flexibility index (Phi) is 3.75. The number of Topliss-reactive ketones (excluding diaryl/α,β-unsaturated/α-hetero) is 1. The molecule has 1 atom stereocenters. The van der Waals surface area contributed by atoms with Crippen LogP contribution in [-0.2, 0) is 17.8 Å². The average molecular weight is 246 g/mol. The Labute approximate surface area is 107 Å². The van der Waals surface area contributed by atoms with Gasteiger partial charge in [-0.3, -0.25) is 9.48 Å². The lowest BCUT2D eigenvalue weighted by Gasteiger charge is -2.28. The highest BCUT2D eigenvalue weighted by Gasteiger charge is 2.41. The first kappa shape index (κ1) is 12.7. The van der Waals surface area contributed by atoms with Gasteiger partial charge in [-0.15, -0.1) is 0 Å². The van der Waals surface area contributed by atoms with Gasteiger partial charge < -0.3 is 0 Å². The number of hydrogen-bond donors (Lipinski definition) is 0. The van der Waals surface area contributed by atoms with Gasteiger partial charge >= 0.3 is 0 Å². The van der Waals surface area contributed by atoms with Crippen LogP contribution in [0.15, 0.2) is 6.33 Å². The zero-order chi connectivity index (χ0) is 13.0. The van der Waals surface area contributed by atoms with Gasteiger partial charge in [-0.2, -0.15) is 10.4 Å². The molecule has 0 N–H and O–H groups in total. The van der Waals surface area contributed by atoms with Crippen molar-refractivity contribution in [2.24, 2.45) is 5.41 Å². The Morgan fingerprint density at radius 2 is 2.39 bits per heavy atom. The van der Waals surface area contributed by atoms with Crippen molar-refractivity contribution < 1.29 is 4.79 Å². The molecule has 0 amide bonds. The molecule has 1 aromatic heterocycles. The molecule has 1 saturated carbocycles. The Bertz CT molecular complexity index is 474. The fourth-order valence-electron chi connectivity index (χ4n) is 2.53. The van der Waals surface area contributed by atoms with Crippen LogP contribution in [0.5, 0.6) is 0 Å². The minimum absolute atomic E-state index is 0.0716. The fourth-order valence-corrected chi connectivity index (χ4v) is 2.53. The number of nitriles is 1. The van der Waals surface area contributed by atoms with Gasteiger partial charge in [0.1, 0.15) is 17.6 Å². The second kappa shape index (κ2) is 5.30. The second-order valence-corrected chi connectivity index (χ2v) is 4.90. The van der Waals surface area contributed by atoms with E-state index in [9.17, 15) is 10.1 Å². The number of rotatable bonds is 4. The first-order valence-electron chi connectivity index (χ1n) is 6.53. The van der Waals surface area contributed by atoms with Gasteiger partial charge in [-0.25, -0.2) is 4.98 Å². The molecule has 1 unspecified atom stereocenters. The van der Waals surface area contributed by atoms with E-state index in [1.54, 1.807) is 4.68 Å². The summed E-state index contributed by atoms with van der Waals surface area (Å²) in [5.41, 5.74) is -0.864. The second-order valence-electron chi connectivity index (χ2n) is 4.90. The molecule has 1 aromatic rings. The smallest absolute Gasteiger partial charge is 0.153 e. The molecule has 96 valence electrons. The predicted molar refractivity (Wildman–Crippen MR) is 65.5 cm³/mol. The van der Waals surface area contributed by atoms with E-state index in [1.807, 2.05) is 0 Å². The molecule has 5 nitrogen and oxygen atoms in total. The summed E-state index contributed by atoms with van der Waals surface area (Å²) in [4.78, 5) is 16.3. The summed E-state index contributed by atoms with van der Waals surface area (Å²) in [7, 11) is 0. The largest absolute Gasteiger partial charge is 0.298 e. The summed E-state index contributed by atoms with van der Waals surface area (Å²) in [6.45, 7) is 2.85. The van der Waals surface area contributed by atoms with E-state index in [2.05, 4.69) is 23.1 Å². The topological polar surface area (TPSA) is 71.6 Å². The maximum Gasteiger partial charge on any atom is 0.153 e. The monoisotopic (exact) mass is 246 g/mol. The lowest BCUT2D eigenvalue weighted by molar-refractivity contribution is -0.128.